The summed E-state index contributed by atoms with van der Waals surface area (Å²) in [6.45, 7) is 0.644. The van der Waals surface area contributed by atoms with Crippen LogP contribution in [-0.2, 0) is 6.54 Å². The van der Waals surface area contributed by atoms with Gasteiger partial charge in [0.1, 0.15) is 11.5 Å². The summed E-state index contributed by atoms with van der Waals surface area (Å²) in [6, 6.07) is 31.1. The maximum Gasteiger partial charge on any atom is 0.266 e. The maximum absolute atomic E-state index is 13.5. The Morgan fingerprint density at radius 3 is 2.32 bits per heavy atom. The van der Waals surface area contributed by atoms with Crippen molar-refractivity contribution < 1.29 is 0 Å². The average molecular weight is 482 g/mol. The highest BCUT2D eigenvalue weighted by atomic mass is 16.1. The lowest BCUT2D eigenvalue weighted by molar-refractivity contribution is 0.689. The van der Waals surface area contributed by atoms with E-state index >= 15 is 0 Å². The first kappa shape index (κ1) is 22.4. The van der Waals surface area contributed by atoms with E-state index in [1.165, 1.54) is 0 Å². The van der Waals surface area contributed by atoms with E-state index in [0.717, 1.165) is 28.1 Å². The van der Waals surface area contributed by atoms with Gasteiger partial charge in [-0.1, -0.05) is 60.7 Å². The van der Waals surface area contributed by atoms with Crippen molar-refractivity contribution in [2.75, 3.05) is 0 Å². The lowest BCUT2D eigenvalue weighted by atomic mass is 10.1. The van der Waals surface area contributed by atoms with Crippen LogP contribution in [0.2, 0.25) is 0 Å². The van der Waals surface area contributed by atoms with Crippen molar-refractivity contribution in [1.29, 1.82) is 0 Å². The van der Waals surface area contributed by atoms with Gasteiger partial charge in [0.2, 0.25) is 0 Å². The molecule has 6 aromatic rings. The Morgan fingerprint density at radius 2 is 1.54 bits per heavy atom. The van der Waals surface area contributed by atoms with E-state index in [0.29, 0.717) is 23.3 Å². The van der Waals surface area contributed by atoms with E-state index in [1.54, 1.807) is 17.0 Å². The quantitative estimate of drug-likeness (QED) is 0.299. The van der Waals surface area contributed by atoms with E-state index < -0.39 is 0 Å². The Labute approximate surface area is 213 Å². The summed E-state index contributed by atoms with van der Waals surface area (Å²) in [5.74, 6) is 0.544. The second-order valence-corrected chi connectivity index (χ2v) is 8.65. The van der Waals surface area contributed by atoms with Crippen LogP contribution >= 0.6 is 0 Å². The zero-order valence-electron chi connectivity index (χ0n) is 20.0. The summed E-state index contributed by atoms with van der Waals surface area (Å²) in [6.07, 6.45) is 9.41. The molecule has 0 fully saturated rings. The van der Waals surface area contributed by atoms with Gasteiger partial charge in [-0.25, -0.2) is 4.98 Å². The largest absolute Gasteiger partial charge is 0.268 e. The fraction of sp³-hybridized carbons (Fsp3) is 0.0323. The van der Waals surface area contributed by atoms with Crippen molar-refractivity contribution in [3.05, 3.63) is 143 Å². The molecule has 6 heteroatoms. The highest BCUT2D eigenvalue weighted by molar-refractivity contribution is 5.81. The van der Waals surface area contributed by atoms with Gasteiger partial charge in [-0.15, -0.1) is 0 Å². The average Bonchev–Trinajstić information content (AvgIpc) is 3.36. The van der Waals surface area contributed by atoms with Crippen LogP contribution in [-0.4, -0.2) is 24.3 Å². The smallest absolute Gasteiger partial charge is 0.266 e. The van der Waals surface area contributed by atoms with Gasteiger partial charge in [0.15, 0.2) is 0 Å². The first-order valence-electron chi connectivity index (χ1n) is 12.0. The molecule has 0 saturated carbocycles. The van der Waals surface area contributed by atoms with Gasteiger partial charge in [-0.05, 0) is 54.1 Å². The van der Waals surface area contributed by atoms with E-state index in [1.807, 2.05) is 108 Å². The topological polar surface area (TPSA) is 65.6 Å². The number of hydrogen-bond acceptors (Lipinski definition) is 4. The van der Waals surface area contributed by atoms with Gasteiger partial charge in [-0.2, -0.15) is 5.10 Å². The zero-order chi connectivity index (χ0) is 25.0. The number of nitrogens with zero attached hydrogens (tertiary/aromatic N) is 5. The third kappa shape index (κ3) is 4.60. The van der Waals surface area contributed by atoms with Crippen molar-refractivity contribution in [3.63, 3.8) is 0 Å². The van der Waals surface area contributed by atoms with E-state index in [4.69, 9.17) is 10.1 Å². The molecule has 3 aromatic heterocycles. The zero-order valence-corrected chi connectivity index (χ0v) is 20.0. The molecule has 0 bridgehead atoms. The van der Waals surface area contributed by atoms with Gasteiger partial charge < -0.3 is 0 Å². The second kappa shape index (κ2) is 9.87. The Morgan fingerprint density at radius 1 is 0.784 bits per heavy atom. The number of fused-ring (bicyclic) bond motifs is 1. The third-order valence-corrected chi connectivity index (χ3v) is 6.14. The summed E-state index contributed by atoms with van der Waals surface area (Å²) in [4.78, 5) is 22.6. The maximum atomic E-state index is 13.5. The number of pyridine rings is 1. The van der Waals surface area contributed by atoms with Gasteiger partial charge in [0, 0.05) is 29.7 Å². The molecule has 0 aliphatic rings. The predicted octanol–water partition coefficient (Wildman–Crippen LogP) is 5.86. The Balaban J connectivity index is 1.48. The highest BCUT2D eigenvalue weighted by Crippen LogP contribution is 2.24. The molecule has 0 aliphatic carbocycles. The van der Waals surface area contributed by atoms with Crippen LogP contribution in [0.1, 0.15) is 17.0 Å². The summed E-state index contributed by atoms with van der Waals surface area (Å²) < 4.78 is 3.58. The number of hydrogen-bond donors (Lipinski definition) is 0. The summed E-state index contributed by atoms with van der Waals surface area (Å²) in [5.41, 5.74) is 5.11. The molecule has 6 rings (SSSR count). The molecule has 178 valence electrons. The molecule has 37 heavy (non-hydrogen) atoms. The molecule has 0 unspecified atom stereocenters. The molecule has 0 radical (unpaired) electrons. The van der Waals surface area contributed by atoms with Crippen molar-refractivity contribution in [3.8, 4) is 16.9 Å². The minimum Gasteiger partial charge on any atom is -0.268 e. The third-order valence-electron chi connectivity index (χ3n) is 6.14. The van der Waals surface area contributed by atoms with Crippen molar-refractivity contribution in [1.82, 2.24) is 24.3 Å². The first-order valence-corrected chi connectivity index (χ1v) is 12.0. The lowest BCUT2D eigenvalue weighted by Gasteiger charge is -2.11. The normalized spacial score (nSPS) is 11.4. The Hall–Kier alpha value is -5.10. The van der Waals surface area contributed by atoms with Crippen LogP contribution < -0.4 is 5.56 Å². The van der Waals surface area contributed by atoms with E-state index in [9.17, 15) is 4.79 Å². The van der Waals surface area contributed by atoms with Crippen LogP contribution in [0.15, 0.2) is 120 Å². The molecular weight excluding hydrogens is 458 g/mol. The summed E-state index contributed by atoms with van der Waals surface area (Å²) in [7, 11) is 0. The molecule has 0 spiro atoms. The summed E-state index contributed by atoms with van der Waals surface area (Å²) in [5, 5.41) is 5.45. The lowest BCUT2D eigenvalue weighted by Crippen LogP contribution is -2.22. The number of para-hydroxylation sites is 2. The van der Waals surface area contributed by atoms with Crippen LogP contribution in [0.4, 0.5) is 0 Å². The molecular formula is C31H23N5O. The van der Waals surface area contributed by atoms with E-state index in [2.05, 4.69) is 17.1 Å². The van der Waals surface area contributed by atoms with Crippen LogP contribution in [0.5, 0.6) is 0 Å². The van der Waals surface area contributed by atoms with Crippen molar-refractivity contribution in [2.24, 2.45) is 0 Å². The molecule has 0 saturated heterocycles. The number of rotatable bonds is 6. The minimum absolute atomic E-state index is 0.108. The SMILES string of the molecule is O=c1c2ccccc2nc(/C=C/c2cn(Cc3ccccc3)nc2-c2cccnc2)n1-c1ccccc1. The Bertz CT molecular complexity index is 1750. The van der Waals surface area contributed by atoms with Crippen LogP contribution in [0, 0.1) is 0 Å². The van der Waals surface area contributed by atoms with Crippen molar-refractivity contribution >= 4 is 23.1 Å². The van der Waals surface area contributed by atoms with Gasteiger partial charge >= 0.3 is 0 Å². The number of benzene rings is 3. The minimum atomic E-state index is -0.108. The summed E-state index contributed by atoms with van der Waals surface area (Å²) >= 11 is 0. The van der Waals surface area contributed by atoms with Gasteiger partial charge in [-0.3, -0.25) is 19.0 Å². The number of aromatic nitrogens is 5. The van der Waals surface area contributed by atoms with Crippen molar-refractivity contribution in [2.45, 2.75) is 6.54 Å². The van der Waals surface area contributed by atoms with E-state index in [-0.39, 0.29) is 5.56 Å². The van der Waals surface area contributed by atoms with Crippen LogP contribution in [0.3, 0.4) is 0 Å². The fourth-order valence-corrected chi connectivity index (χ4v) is 4.39. The molecule has 0 aliphatic heterocycles. The molecule has 3 aromatic carbocycles. The van der Waals surface area contributed by atoms with Gasteiger partial charge in [0.25, 0.3) is 5.56 Å². The predicted molar refractivity (Wildman–Crippen MR) is 147 cm³/mol. The second-order valence-electron chi connectivity index (χ2n) is 8.65. The fourth-order valence-electron chi connectivity index (χ4n) is 4.39. The highest BCUT2D eigenvalue weighted by Gasteiger charge is 2.13. The standard InChI is InChI=1S/C31H23N5O/c37-31-27-15-7-8-16-28(27)33-29(36(31)26-13-5-2-6-14-26)18-17-25-22-35(21-23-10-3-1-4-11-23)34-30(25)24-12-9-19-32-20-24/h1-20,22H,21H2/b18-17+. The molecule has 0 amide bonds. The monoisotopic (exact) mass is 481 g/mol. The molecule has 0 N–H and O–H groups in total. The molecule has 6 nitrogen and oxygen atoms in total. The first-order chi connectivity index (χ1) is 18.3. The van der Waals surface area contributed by atoms with Gasteiger partial charge in [0.05, 0.1) is 23.1 Å². The Kier molecular flexibility index (Phi) is 5.97. The molecule has 0 atom stereocenters. The molecule has 3 heterocycles. The van der Waals surface area contributed by atoms with Crippen LogP contribution in [0.25, 0.3) is 40.0 Å².